The molecule has 1 unspecified atom stereocenters. The summed E-state index contributed by atoms with van der Waals surface area (Å²) in [5.41, 5.74) is 0. The standard InChI is InChI=1S/C16H30O5/c1-4-7-10-14(16(18)21-20-6-3)11-9-12-15(17)19-13-8-5-2/h14H,4-13H2,1-3H3. The zero-order valence-electron chi connectivity index (χ0n) is 13.7. The van der Waals surface area contributed by atoms with Crippen molar-refractivity contribution in [1.29, 1.82) is 0 Å². The van der Waals surface area contributed by atoms with Crippen LogP contribution < -0.4 is 0 Å². The lowest BCUT2D eigenvalue weighted by Crippen LogP contribution is -2.19. The maximum atomic E-state index is 11.8. The summed E-state index contributed by atoms with van der Waals surface area (Å²) in [4.78, 5) is 32.8. The van der Waals surface area contributed by atoms with Gasteiger partial charge in [0.15, 0.2) is 0 Å². The average molecular weight is 302 g/mol. The highest BCUT2D eigenvalue weighted by Gasteiger charge is 2.20. The summed E-state index contributed by atoms with van der Waals surface area (Å²) in [6, 6.07) is 0. The van der Waals surface area contributed by atoms with E-state index in [1.165, 1.54) is 0 Å². The predicted octanol–water partition coefficient (Wildman–Crippen LogP) is 3.80. The first kappa shape index (κ1) is 19.9. The van der Waals surface area contributed by atoms with E-state index in [0.717, 1.165) is 32.1 Å². The number of esters is 1. The third kappa shape index (κ3) is 11.3. The van der Waals surface area contributed by atoms with Crippen molar-refractivity contribution in [3.8, 4) is 0 Å². The van der Waals surface area contributed by atoms with Crippen molar-refractivity contribution in [3.05, 3.63) is 0 Å². The Labute approximate surface area is 128 Å². The predicted molar refractivity (Wildman–Crippen MR) is 80.5 cm³/mol. The SMILES string of the molecule is CCCCOC(=O)CCCC(CCCC)C(=O)OOCC. The summed E-state index contributed by atoms with van der Waals surface area (Å²) in [6.45, 7) is 6.73. The lowest BCUT2D eigenvalue weighted by molar-refractivity contribution is -0.273. The van der Waals surface area contributed by atoms with E-state index >= 15 is 0 Å². The molecule has 1 atom stereocenters. The van der Waals surface area contributed by atoms with Crippen LogP contribution in [-0.4, -0.2) is 25.2 Å². The highest BCUT2D eigenvalue weighted by Crippen LogP contribution is 2.18. The first-order valence-corrected chi connectivity index (χ1v) is 8.14. The number of hydrogen-bond donors (Lipinski definition) is 0. The van der Waals surface area contributed by atoms with Gasteiger partial charge in [0.25, 0.3) is 0 Å². The summed E-state index contributed by atoms with van der Waals surface area (Å²) in [5, 5.41) is 0. The fraction of sp³-hybridized carbons (Fsp3) is 0.875. The van der Waals surface area contributed by atoms with E-state index in [4.69, 9.17) is 14.5 Å². The van der Waals surface area contributed by atoms with Crippen molar-refractivity contribution < 1.29 is 24.1 Å². The molecule has 0 saturated carbocycles. The maximum absolute atomic E-state index is 11.8. The third-order valence-corrected chi connectivity index (χ3v) is 3.19. The van der Waals surface area contributed by atoms with E-state index in [1.54, 1.807) is 6.92 Å². The van der Waals surface area contributed by atoms with Crippen LogP contribution >= 0.6 is 0 Å². The van der Waals surface area contributed by atoms with Crippen molar-refractivity contribution in [1.82, 2.24) is 0 Å². The Bertz CT molecular complexity index is 278. The number of carbonyl (C=O) groups is 2. The van der Waals surface area contributed by atoms with Crippen molar-refractivity contribution in [2.24, 2.45) is 5.92 Å². The molecule has 0 bridgehead atoms. The van der Waals surface area contributed by atoms with Crippen LogP contribution in [-0.2, 0) is 24.1 Å². The second kappa shape index (κ2) is 13.9. The van der Waals surface area contributed by atoms with Gasteiger partial charge in [-0.2, -0.15) is 4.89 Å². The van der Waals surface area contributed by atoms with Gasteiger partial charge in [0.05, 0.1) is 19.1 Å². The number of hydrogen-bond acceptors (Lipinski definition) is 5. The third-order valence-electron chi connectivity index (χ3n) is 3.19. The van der Waals surface area contributed by atoms with Crippen molar-refractivity contribution in [2.45, 2.75) is 72.1 Å². The van der Waals surface area contributed by atoms with Gasteiger partial charge in [-0.25, -0.2) is 4.79 Å². The fourth-order valence-corrected chi connectivity index (χ4v) is 1.91. The van der Waals surface area contributed by atoms with Crippen LogP contribution in [0.5, 0.6) is 0 Å². The van der Waals surface area contributed by atoms with E-state index in [9.17, 15) is 9.59 Å². The summed E-state index contributed by atoms with van der Waals surface area (Å²) in [6.07, 6.45) is 6.29. The van der Waals surface area contributed by atoms with Gasteiger partial charge < -0.3 is 4.74 Å². The average Bonchev–Trinajstić information content (AvgIpc) is 2.48. The Morgan fingerprint density at radius 1 is 0.952 bits per heavy atom. The van der Waals surface area contributed by atoms with Crippen molar-refractivity contribution in [2.75, 3.05) is 13.2 Å². The molecule has 0 radical (unpaired) electrons. The molecule has 0 N–H and O–H groups in total. The molecule has 0 aliphatic carbocycles. The number of rotatable bonds is 13. The Morgan fingerprint density at radius 2 is 1.62 bits per heavy atom. The normalized spacial score (nSPS) is 12.0. The molecule has 0 aromatic carbocycles. The summed E-state index contributed by atoms with van der Waals surface area (Å²) in [5.74, 6) is -0.708. The van der Waals surface area contributed by atoms with Crippen molar-refractivity contribution in [3.63, 3.8) is 0 Å². The molecule has 0 fully saturated rings. The molecule has 5 heteroatoms. The minimum absolute atomic E-state index is 0.184. The number of unbranched alkanes of at least 4 members (excludes halogenated alkanes) is 2. The Kier molecular flexibility index (Phi) is 13.1. The minimum atomic E-state index is -0.329. The molecular formula is C16H30O5. The largest absolute Gasteiger partial charge is 0.466 e. The topological polar surface area (TPSA) is 61.8 Å². The molecule has 0 amide bonds. The molecule has 5 nitrogen and oxygen atoms in total. The van der Waals surface area contributed by atoms with Gasteiger partial charge in [0, 0.05) is 6.42 Å². The summed E-state index contributed by atoms with van der Waals surface area (Å²) in [7, 11) is 0. The highest BCUT2D eigenvalue weighted by molar-refractivity contribution is 5.72. The second-order valence-corrected chi connectivity index (χ2v) is 5.11. The van der Waals surface area contributed by atoms with Gasteiger partial charge in [0.2, 0.25) is 0 Å². The van der Waals surface area contributed by atoms with Gasteiger partial charge >= 0.3 is 11.9 Å². The van der Waals surface area contributed by atoms with E-state index in [-0.39, 0.29) is 17.9 Å². The minimum Gasteiger partial charge on any atom is -0.466 e. The summed E-state index contributed by atoms with van der Waals surface area (Å²) < 4.78 is 5.09. The first-order chi connectivity index (χ1) is 10.2. The van der Waals surface area contributed by atoms with Gasteiger partial charge in [-0.3, -0.25) is 9.68 Å². The smallest absolute Gasteiger partial charge is 0.345 e. The monoisotopic (exact) mass is 302 g/mol. The molecule has 0 aromatic rings. The van der Waals surface area contributed by atoms with Gasteiger partial charge in [-0.15, -0.1) is 0 Å². The lowest BCUT2D eigenvalue weighted by atomic mass is 9.96. The molecule has 0 heterocycles. The van der Waals surface area contributed by atoms with Crippen LogP contribution in [0.3, 0.4) is 0 Å². The lowest BCUT2D eigenvalue weighted by Gasteiger charge is -2.14. The van der Waals surface area contributed by atoms with Crippen LogP contribution in [0, 0.1) is 5.92 Å². The quantitative estimate of drug-likeness (QED) is 0.224. The Hall–Kier alpha value is -1.10. The van der Waals surface area contributed by atoms with Crippen LogP contribution in [0.15, 0.2) is 0 Å². The fourth-order valence-electron chi connectivity index (χ4n) is 1.91. The van der Waals surface area contributed by atoms with E-state index < -0.39 is 0 Å². The molecule has 0 rings (SSSR count). The second-order valence-electron chi connectivity index (χ2n) is 5.11. The molecule has 0 aliphatic heterocycles. The molecule has 0 aromatic heterocycles. The van der Waals surface area contributed by atoms with Gasteiger partial charge in [-0.05, 0) is 32.6 Å². The molecule has 21 heavy (non-hydrogen) atoms. The van der Waals surface area contributed by atoms with Crippen LogP contribution in [0.1, 0.15) is 72.1 Å². The zero-order chi connectivity index (χ0) is 15.9. The molecule has 0 saturated heterocycles. The zero-order valence-corrected chi connectivity index (χ0v) is 13.7. The molecule has 124 valence electrons. The van der Waals surface area contributed by atoms with Gasteiger partial charge in [-0.1, -0.05) is 33.1 Å². The number of ether oxygens (including phenoxy) is 1. The Balaban J connectivity index is 3.99. The van der Waals surface area contributed by atoms with Crippen LogP contribution in [0.2, 0.25) is 0 Å². The van der Waals surface area contributed by atoms with E-state index in [1.807, 2.05) is 0 Å². The van der Waals surface area contributed by atoms with Crippen molar-refractivity contribution >= 4 is 11.9 Å². The molecule has 0 aliphatic rings. The Morgan fingerprint density at radius 3 is 2.24 bits per heavy atom. The van der Waals surface area contributed by atoms with Crippen LogP contribution in [0.4, 0.5) is 0 Å². The highest BCUT2D eigenvalue weighted by atomic mass is 17.2. The summed E-state index contributed by atoms with van der Waals surface area (Å²) >= 11 is 0. The van der Waals surface area contributed by atoms with Crippen LogP contribution in [0.25, 0.3) is 0 Å². The van der Waals surface area contributed by atoms with E-state index in [0.29, 0.717) is 32.5 Å². The van der Waals surface area contributed by atoms with E-state index in [2.05, 4.69) is 13.8 Å². The molecule has 0 spiro atoms. The first-order valence-electron chi connectivity index (χ1n) is 8.14. The number of carbonyl (C=O) groups excluding carboxylic acids is 2. The maximum Gasteiger partial charge on any atom is 0.345 e. The van der Waals surface area contributed by atoms with Gasteiger partial charge in [0.1, 0.15) is 0 Å². The molecular weight excluding hydrogens is 272 g/mol.